The minimum absolute atomic E-state index is 0.0148. The summed E-state index contributed by atoms with van der Waals surface area (Å²) in [5.41, 5.74) is 2.59. The predicted molar refractivity (Wildman–Crippen MR) is 82.7 cm³/mol. The van der Waals surface area contributed by atoms with Crippen LogP contribution in [0.1, 0.15) is 18.0 Å². The van der Waals surface area contributed by atoms with Crippen LogP contribution < -0.4 is 11.3 Å². The topological polar surface area (TPSA) is 44.5 Å². The van der Waals surface area contributed by atoms with Gasteiger partial charge in [0.15, 0.2) is 0 Å². The van der Waals surface area contributed by atoms with Crippen LogP contribution in [0.5, 0.6) is 0 Å². The van der Waals surface area contributed by atoms with E-state index in [-0.39, 0.29) is 16.1 Å². The van der Waals surface area contributed by atoms with E-state index in [1.54, 1.807) is 0 Å². The molecule has 0 radical (unpaired) electrons. The lowest BCUT2D eigenvalue weighted by molar-refractivity contribution is 0.174. The molecule has 1 fully saturated rings. The van der Waals surface area contributed by atoms with Gasteiger partial charge < -0.3 is 9.80 Å². The molecule has 0 aliphatic carbocycles. The van der Waals surface area contributed by atoms with Gasteiger partial charge in [0.05, 0.1) is 10.5 Å². The van der Waals surface area contributed by atoms with Crippen molar-refractivity contribution in [3.63, 3.8) is 0 Å². The Morgan fingerprint density at radius 2 is 2.05 bits per heavy atom. The minimum Gasteiger partial charge on any atom is -0.305 e. The van der Waals surface area contributed by atoms with E-state index in [9.17, 15) is 8.78 Å². The Balaban J connectivity index is 2.41. The van der Waals surface area contributed by atoms with Crippen molar-refractivity contribution in [3.05, 3.63) is 33.8 Å². The van der Waals surface area contributed by atoms with E-state index < -0.39 is 17.7 Å². The second kappa shape index (κ2) is 7.11. The largest absolute Gasteiger partial charge is 0.305 e. The molecule has 0 spiro atoms. The molecule has 2 atom stereocenters. The third kappa shape index (κ3) is 3.60. The molecular weight excluding hydrogens is 342 g/mol. The van der Waals surface area contributed by atoms with E-state index in [1.165, 1.54) is 12.1 Å². The molecule has 0 aromatic heterocycles. The van der Waals surface area contributed by atoms with E-state index >= 15 is 0 Å². The van der Waals surface area contributed by atoms with Gasteiger partial charge in [-0.2, -0.15) is 0 Å². The highest BCUT2D eigenvalue weighted by Gasteiger charge is 2.33. The molecule has 2 rings (SSSR count). The van der Waals surface area contributed by atoms with E-state index in [4.69, 9.17) is 5.84 Å². The molecule has 1 aliphatic heterocycles. The Morgan fingerprint density at radius 3 is 2.71 bits per heavy atom. The molecule has 118 valence electrons. The fourth-order valence-corrected chi connectivity index (χ4v) is 3.23. The summed E-state index contributed by atoms with van der Waals surface area (Å²) in [5, 5.41) is 0. The maximum absolute atomic E-state index is 14.4. The van der Waals surface area contributed by atoms with Gasteiger partial charge in [-0.25, -0.2) is 8.78 Å². The highest BCUT2D eigenvalue weighted by molar-refractivity contribution is 9.10. The number of hydrogen-bond donors (Lipinski definition) is 2. The predicted octanol–water partition coefficient (Wildman–Crippen LogP) is 1.87. The van der Waals surface area contributed by atoms with E-state index in [0.29, 0.717) is 6.54 Å². The average Bonchev–Trinajstić information content (AvgIpc) is 2.61. The zero-order valence-corrected chi connectivity index (χ0v) is 13.8. The molecule has 0 saturated carbocycles. The smallest absolute Gasteiger partial charge is 0.145 e. The summed E-state index contributed by atoms with van der Waals surface area (Å²) in [6, 6.07) is 1.90. The Morgan fingerprint density at radius 1 is 1.33 bits per heavy atom. The van der Waals surface area contributed by atoms with Crippen LogP contribution >= 0.6 is 15.9 Å². The first-order valence-corrected chi connectivity index (χ1v) is 7.73. The van der Waals surface area contributed by atoms with E-state index in [2.05, 4.69) is 31.2 Å². The van der Waals surface area contributed by atoms with Crippen LogP contribution in [0.25, 0.3) is 0 Å². The molecule has 7 heteroatoms. The van der Waals surface area contributed by atoms with E-state index in [1.807, 2.05) is 14.1 Å². The Hall–Kier alpha value is -0.600. The fourth-order valence-electron chi connectivity index (χ4n) is 2.88. The fraction of sp³-hybridized carbons (Fsp3) is 0.571. The standard InChI is InChI=1S/C14H21BrF2N4/c1-20-6-3-7-21(2)11(8-20)14(19-18)12-10(16)5-4-9(15)13(12)17/h4-5,11,14,19H,3,6-8,18H2,1-2H3. The zero-order chi connectivity index (χ0) is 15.6. The number of benzene rings is 1. The number of nitrogens with two attached hydrogens (primary N) is 1. The summed E-state index contributed by atoms with van der Waals surface area (Å²) in [6.45, 7) is 2.52. The molecule has 1 heterocycles. The first-order chi connectivity index (χ1) is 9.95. The molecule has 1 aliphatic rings. The van der Waals surface area contributed by atoms with Gasteiger partial charge in [0.2, 0.25) is 0 Å². The number of hydrazine groups is 1. The van der Waals surface area contributed by atoms with Crippen molar-refractivity contribution in [2.24, 2.45) is 5.84 Å². The molecule has 3 N–H and O–H groups in total. The van der Waals surface area contributed by atoms with Crippen LogP contribution in [0.4, 0.5) is 8.78 Å². The SMILES string of the molecule is CN1CCCN(C)C(C(NN)c2c(F)ccc(Br)c2F)C1. The molecule has 0 amide bonds. The normalized spacial score (nSPS) is 23.0. The summed E-state index contributed by atoms with van der Waals surface area (Å²) in [7, 11) is 3.97. The van der Waals surface area contributed by atoms with Crippen LogP contribution in [0, 0.1) is 11.6 Å². The van der Waals surface area contributed by atoms with Gasteiger partial charge >= 0.3 is 0 Å². The van der Waals surface area contributed by atoms with Gasteiger partial charge in [0.1, 0.15) is 11.6 Å². The Bertz CT molecular complexity index is 500. The Kier molecular flexibility index (Phi) is 5.67. The van der Waals surface area contributed by atoms with Crippen LogP contribution in [-0.4, -0.2) is 49.6 Å². The monoisotopic (exact) mass is 362 g/mol. The molecule has 0 bridgehead atoms. The summed E-state index contributed by atoms with van der Waals surface area (Å²) >= 11 is 3.11. The number of likely N-dealkylation sites (N-methyl/N-ethyl adjacent to an activating group) is 2. The van der Waals surface area contributed by atoms with Crippen molar-refractivity contribution in [1.82, 2.24) is 15.2 Å². The average molecular weight is 363 g/mol. The highest BCUT2D eigenvalue weighted by Crippen LogP contribution is 2.30. The molecule has 1 aromatic carbocycles. The van der Waals surface area contributed by atoms with Crippen molar-refractivity contribution >= 4 is 15.9 Å². The summed E-state index contributed by atoms with van der Waals surface area (Å²) < 4.78 is 28.8. The lowest BCUT2D eigenvalue weighted by Gasteiger charge is -2.34. The van der Waals surface area contributed by atoms with Gasteiger partial charge in [-0.3, -0.25) is 11.3 Å². The highest BCUT2D eigenvalue weighted by atomic mass is 79.9. The van der Waals surface area contributed by atoms with Crippen molar-refractivity contribution in [3.8, 4) is 0 Å². The van der Waals surface area contributed by atoms with Crippen LogP contribution in [-0.2, 0) is 0 Å². The van der Waals surface area contributed by atoms with Crippen LogP contribution in [0.2, 0.25) is 0 Å². The molecule has 21 heavy (non-hydrogen) atoms. The summed E-state index contributed by atoms with van der Waals surface area (Å²) in [6.07, 6.45) is 1.02. The second-order valence-corrected chi connectivity index (χ2v) is 6.42. The Labute approximate surface area is 132 Å². The quantitative estimate of drug-likeness (QED) is 0.489. The molecule has 4 nitrogen and oxygen atoms in total. The third-order valence-electron chi connectivity index (χ3n) is 4.07. The van der Waals surface area contributed by atoms with Crippen molar-refractivity contribution in [1.29, 1.82) is 0 Å². The van der Waals surface area contributed by atoms with Crippen LogP contribution in [0.15, 0.2) is 16.6 Å². The maximum atomic E-state index is 14.4. The lowest BCUT2D eigenvalue weighted by Crippen LogP contribution is -2.49. The number of halogens is 3. The number of nitrogens with zero attached hydrogens (tertiary/aromatic N) is 2. The van der Waals surface area contributed by atoms with Crippen LogP contribution in [0.3, 0.4) is 0 Å². The first kappa shape index (κ1) is 16.8. The third-order valence-corrected chi connectivity index (χ3v) is 4.68. The van der Waals surface area contributed by atoms with Crippen molar-refractivity contribution in [2.75, 3.05) is 33.7 Å². The first-order valence-electron chi connectivity index (χ1n) is 6.94. The van der Waals surface area contributed by atoms with Gasteiger partial charge in [-0.1, -0.05) is 0 Å². The zero-order valence-electron chi connectivity index (χ0n) is 12.2. The van der Waals surface area contributed by atoms with Crippen molar-refractivity contribution in [2.45, 2.75) is 18.5 Å². The number of hydrogen-bond acceptors (Lipinski definition) is 4. The second-order valence-electron chi connectivity index (χ2n) is 5.56. The van der Waals surface area contributed by atoms with Gasteiger partial charge in [0, 0.05) is 18.2 Å². The molecule has 1 saturated heterocycles. The molecule has 2 unspecified atom stereocenters. The number of nitrogens with one attached hydrogen (secondary N) is 1. The number of rotatable bonds is 3. The maximum Gasteiger partial charge on any atom is 0.145 e. The summed E-state index contributed by atoms with van der Waals surface area (Å²) in [5.74, 6) is 4.46. The molecule has 1 aromatic rings. The van der Waals surface area contributed by atoms with Gasteiger partial charge in [0.25, 0.3) is 0 Å². The molecular formula is C14H21BrF2N4. The van der Waals surface area contributed by atoms with Crippen molar-refractivity contribution < 1.29 is 8.78 Å². The van der Waals surface area contributed by atoms with Gasteiger partial charge in [-0.15, -0.1) is 0 Å². The minimum atomic E-state index is -0.618. The van der Waals surface area contributed by atoms with Gasteiger partial charge in [-0.05, 0) is 61.7 Å². The van der Waals surface area contributed by atoms with E-state index in [0.717, 1.165) is 19.5 Å². The lowest BCUT2D eigenvalue weighted by atomic mass is 9.97. The summed E-state index contributed by atoms with van der Waals surface area (Å²) in [4.78, 5) is 4.26.